The van der Waals surface area contributed by atoms with Gasteiger partial charge < -0.3 is 34.0 Å². The summed E-state index contributed by atoms with van der Waals surface area (Å²) in [5, 5.41) is 0. The van der Waals surface area contributed by atoms with Crippen LogP contribution in [0, 0.1) is 0 Å². The fourth-order valence-electron chi connectivity index (χ4n) is 7.99. The second-order valence-electron chi connectivity index (χ2n) is 18.4. The van der Waals surface area contributed by atoms with E-state index in [1.165, 1.54) is 24.3 Å². The highest BCUT2D eigenvalue weighted by Gasteiger charge is 2.48. The van der Waals surface area contributed by atoms with Crippen LogP contribution in [0.5, 0.6) is 34.5 Å². The average Bonchev–Trinajstić information content (AvgIpc) is 3.33. The minimum Gasteiger partial charge on any atom is -0.490 e. The van der Waals surface area contributed by atoms with Gasteiger partial charge in [0.05, 0.1) is 39.6 Å². The first-order valence-electron chi connectivity index (χ1n) is 27.4. The van der Waals surface area contributed by atoms with Crippen LogP contribution in [-0.2, 0) is 19.7 Å². The first-order valence-corrected chi connectivity index (χ1v) is 30.4. The van der Waals surface area contributed by atoms with Crippen LogP contribution in [0.15, 0.2) is 34.1 Å². The van der Waals surface area contributed by atoms with Gasteiger partial charge in [0.2, 0.25) is 11.5 Å². The zero-order chi connectivity index (χ0) is 50.4. The molecular weight excluding hydrogens is 913 g/mol. The molecule has 0 atom stereocenters. The van der Waals surface area contributed by atoms with E-state index in [-0.39, 0.29) is 49.4 Å². The van der Waals surface area contributed by atoms with E-state index < -0.39 is 33.8 Å². The Hall–Kier alpha value is -3.48. The van der Waals surface area contributed by atoms with Crippen molar-refractivity contribution in [2.24, 2.45) is 0 Å². The SMILES string of the molecule is CCCCCCCOc1ccc(S(=O)(=O)C(=[N+]=[N-])S(=O)(=O)c2ccc(OCCCCCCC)c(OCCCCCCC)c2OCCCCCCC)c(OCCCCCCC)c1OCCCCCCC. The van der Waals surface area contributed by atoms with Crippen LogP contribution in [0.25, 0.3) is 5.53 Å². The van der Waals surface area contributed by atoms with Crippen LogP contribution in [0.4, 0.5) is 0 Å². The Bertz CT molecular complexity index is 1800. The number of nitrogens with zero attached hydrogens (tertiary/aromatic N) is 2. The molecule has 0 saturated heterocycles. The van der Waals surface area contributed by atoms with Crippen molar-refractivity contribution >= 4 is 24.1 Å². The summed E-state index contributed by atoms with van der Waals surface area (Å²) in [5.74, 6) is 0.435. The summed E-state index contributed by atoms with van der Waals surface area (Å²) in [5.41, 5.74) is 10.7. The number of hydrogen-bond acceptors (Lipinski definition) is 10. The standard InChI is InChI=1S/C55H94N2O10S2/c1-7-13-19-25-31-41-62-47-37-39-49(53(66-45-35-29-23-17-11-5)51(47)64-43-33-27-21-15-9-3)68(58,59)55(57-56)69(60,61)50-40-38-48(63-42-32-26-20-14-8-2)52(65-44-34-28-22-16-10-4)54(50)67-46-36-30-24-18-12-6/h37-40H,7-36,41-46H2,1-6H3. The van der Waals surface area contributed by atoms with Crippen molar-refractivity contribution < 1.29 is 50.0 Å². The fraction of sp³-hybridized carbons (Fsp3) is 0.764. The second-order valence-corrected chi connectivity index (χ2v) is 22.3. The smallest absolute Gasteiger partial charge is 0.490 e. The highest BCUT2D eigenvalue weighted by atomic mass is 32.3. The highest BCUT2D eigenvalue weighted by Crippen LogP contribution is 2.46. The lowest BCUT2D eigenvalue weighted by Crippen LogP contribution is -2.27. The molecule has 0 aliphatic rings. The lowest BCUT2D eigenvalue weighted by Gasteiger charge is -2.20. The van der Waals surface area contributed by atoms with Crippen molar-refractivity contribution in [1.29, 1.82) is 0 Å². The minimum absolute atomic E-state index is 0.0845. The Kier molecular flexibility index (Phi) is 34.2. The molecule has 0 radical (unpaired) electrons. The first-order chi connectivity index (χ1) is 33.6. The topological polar surface area (TPSA) is 160 Å². The van der Waals surface area contributed by atoms with Gasteiger partial charge in [-0.15, -0.1) is 4.79 Å². The predicted octanol–water partition coefficient (Wildman–Crippen LogP) is 15.6. The van der Waals surface area contributed by atoms with Crippen molar-refractivity contribution in [2.45, 2.75) is 244 Å². The van der Waals surface area contributed by atoms with Crippen LogP contribution in [0.2, 0.25) is 0 Å². The van der Waals surface area contributed by atoms with Gasteiger partial charge in [-0.05, 0) is 62.8 Å². The Morgan fingerprint density at radius 3 is 0.826 bits per heavy atom. The molecule has 69 heavy (non-hydrogen) atoms. The fourth-order valence-corrected chi connectivity index (χ4v) is 11.6. The predicted molar refractivity (Wildman–Crippen MR) is 281 cm³/mol. The Morgan fingerprint density at radius 1 is 0.348 bits per heavy atom. The summed E-state index contributed by atoms with van der Waals surface area (Å²) in [7, 11) is -10.3. The van der Waals surface area contributed by atoms with E-state index in [0.717, 1.165) is 167 Å². The molecule has 0 heterocycles. The van der Waals surface area contributed by atoms with E-state index in [1.54, 1.807) is 0 Å². The quantitative estimate of drug-likeness (QED) is 0.0205. The van der Waals surface area contributed by atoms with Crippen molar-refractivity contribution in [1.82, 2.24) is 0 Å². The Morgan fingerprint density at radius 2 is 0.580 bits per heavy atom. The largest absolute Gasteiger partial charge is 0.504 e. The number of hydrogen-bond donors (Lipinski definition) is 0. The zero-order valence-corrected chi connectivity index (χ0v) is 45.7. The van der Waals surface area contributed by atoms with Gasteiger partial charge in [0.15, 0.2) is 23.0 Å². The summed E-state index contributed by atoms with van der Waals surface area (Å²) in [4.78, 5) is 2.08. The minimum atomic E-state index is -5.16. The van der Waals surface area contributed by atoms with Crippen molar-refractivity contribution in [3.63, 3.8) is 0 Å². The van der Waals surface area contributed by atoms with Crippen LogP contribution in [0.3, 0.4) is 0 Å². The molecule has 0 aromatic heterocycles. The third kappa shape index (κ3) is 23.1. The normalized spacial score (nSPS) is 11.6. The van der Waals surface area contributed by atoms with Gasteiger partial charge in [-0.25, -0.2) is 16.8 Å². The van der Waals surface area contributed by atoms with Gasteiger partial charge in [-0.1, -0.05) is 196 Å². The van der Waals surface area contributed by atoms with E-state index >= 15 is 16.8 Å². The van der Waals surface area contributed by atoms with Gasteiger partial charge >= 0.3 is 4.38 Å². The summed E-state index contributed by atoms with van der Waals surface area (Å²) in [6.07, 6.45) is 29.1. The van der Waals surface area contributed by atoms with Gasteiger partial charge in [-0.3, -0.25) is 0 Å². The molecule has 2 aromatic carbocycles. The van der Waals surface area contributed by atoms with Crippen molar-refractivity contribution in [3.05, 3.63) is 29.8 Å². The van der Waals surface area contributed by atoms with Crippen LogP contribution in [-0.4, -0.2) is 65.6 Å². The summed E-state index contributed by atoms with van der Waals surface area (Å²) >= 11 is 0. The molecule has 0 fully saturated rings. The highest BCUT2D eigenvalue weighted by molar-refractivity contribution is 8.31. The first kappa shape index (κ1) is 61.6. The van der Waals surface area contributed by atoms with E-state index in [1.807, 2.05) is 0 Å². The van der Waals surface area contributed by atoms with Gasteiger partial charge in [-0.2, -0.15) is 0 Å². The Balaban J connectivity index is 2.81. The second kappa shape index (κ2) is 38.2. The lowest BCUT2D eigenvalue weighted by molar-refractivity contribution is 0.00376. The summed E-state index contributed by atoms with van der Waals surface area (Å²) in [6.45, 7) is 14.5. The van der Waals surface area contributed by atoms with Gasteiger partial charge in [0.1, 0.15) is 9.79 Å². The maximum Gasteiger partial charge on any atom is 0.504 e. The molecule has 0 N–H and O–H groups in total. The van der Waals surface area contributed by atoms with E-state index in [4.69, 9.17) is 28.4 Å². The molecule has 2 rings (SSSR count). The lowest BCUT2D eigenvalue weighted by atomic mass is 10.1. The van der Waals surface area contributed by atoms with Crippen LogP contribution in [0.1, 0.15) is 234 Å². The monoisotopic (exact) mass is 1010 g/mol. The van der Waals surface area contributed by atoms with Crippen molar-refractivity contribution in [3.8, 4) is 34.5 Å². The van der Waals surface area contributed by atoms with E-state index in [0.29, 0.717) is 50.4 Å². The molecular formula is C55H94N2O10S2. The molecule has 0 saturated carbocycles. The number of sulfone groups is 2. The van der Waals surface area contributed by atoms with Crippen molar-refractivity contribution in [2.75, 3.05) is 39.6 Å². The molecule has 0 spiro atoms. The molecule has 0 unspecified atom stereocenters. The average molecular weight is 1010 g/mol. The maximum absolute atomic E-state index is 15.1. The zero-order valence-electron chi connectivity index (χ0n) is 44.1. The number of rotatable bonds is 44. The van der Waals surface area contributed by atoms with E-state index in [2.05, 4.69) is 46.3 Å². The number of unbranched alkanes of at least 4 members (excludes halogenated alkanes) is 24. The molecule has 0 aliphatic heterocycles. The number of benzene rings is 2. The molecule has 14 heteroatoms. The van der Waals surface area contributed by atoms with Crippen LogP contribution < -0.4 is 28.4 Å². The molecule has 0 bridgehead atoms. The maximum atomic E-state index is 15.1. The molecule has 12 nitrogen and oxygen atoms in total. The summed E-state index contributed by atoms with van der Waals surface area (Å²) < 4.78 is 96.9. The van der Waals surface area contributed by atoms with Gasteiger partial charge in [0.25, 0.3) is 19.7 Å². The third-order valence-electron chi connectivity index (χ3n) is 12.2. The molecule has 2 aromatic rings. The molecule has 0 amide bonds. The van der Waals surface area contributed by atoms with E-state index in [9.17, 15) is 5.53 Å². The third-order valence-corrected chi connectivity index (χ3v) is 16.4. The number of ether oxygens (including phenoxy) is 6. The molecule has 396 valence electrons. The summed E-state index contributed by atoms with van der Waals surface area (Å²) in [6, 6.07) is 5.49. The Labute approximate surface area is 420 Å². The van der Waals surface area contributed by atoms with Gasteiger partial charge in [0, 0.05) is 0 Å². The van der Waals surface area contributed by atoms with Crippen LogP contribution >= 0.6 is 0 Å². The molecule has 0 aliphatic carbocycles.